The van der Waals surface area contributed by atoms with Gasteiger partial charge in [0.25, 0.3) is 0 Å². The largest absolute Gasteiger partial charge is 0.366 e. The van der Waals surface area contributed by atoms with Gasteiger partial charge in [0.2, 0.25) is 0 Å². The Morgan fingerprint density at radius 3 is 2.50 bits per heavy atom. The molecule has 0 aromatic heterocycles. The van der Waals surface area contributed by atoms with Crippen molar-refractivity contribution in [2.75, 3.05) is 6.61 Å². The Morgan fingerprint density at radius 1 is 1.33 bits per heavy atom. The van der Waals surface area contributed by atoms with Crippen LogP contribution in [0.2, 0.25) is 0 Å². The van der Waals surface area contributed by atoms with Gasteiger partial charge in [0.05, 0.1) is 0 Å². The highest BCUT2D eigenvalue weighted by molar-refractivity contribution is 4.82. The van der Waals surface area contributed by atoms with E-state index in [1.54, 1.807) is 13.8 Å². The molecule has 0 fully saturated rings. The van der Waals surface area contributed by atoms with Crippen LogP contribution in [-0.2, 0) is 4.74 Å². The van der Waals surface area contributed by atoms with Crippen molar-refractivity contribution in [1.82, 2.24) is 0 Å². The quantitative estimate of drug-likeness (QED) is 0.375. The third-order valence-corrected chi connectivity index (χ3v) is 1.42. The van der Waals surface area contributed by atoms with Gasteiger partial charge in [0.15, 0.2) is 5.79 Å². The van der Waals surface area contributed by atoms with Crippen LogP contribution < -0.4 is 0 Å². The zero-order valence-corrected chi connectivity index (χ0v) is 7.97. The highest BCUT2D eigenvalue weighted by Gasteiger charge is 2.10. The molecule has 2 heteroatoms. The van der Waals surface area contributed by atoms with E-state index in [0.29, 0.717) is 6.61 Å². The zero-order chi connectivity index (χ0) is 9.45. The molecule has 0 bridgehead atoms. The summed E-state index contributed by atoms with van der Waals surface area (Å²) in [4.78, 5) is 0. The van der Waals surface area contributed by atoms with Crippen molar-refractivity contribution in [3.63, 3.8) is 0 Å². The number of hydrogen-bond acceptors (Lipinski definition) is 2. The van der Waals surface area contributed by atoms with E-state index in [9.17, 15) is 0 Å². The molecule has 0 aliphatic carbocycles. The molecule has 0 amide bonds. The molecule has 0 spiro atoms. The van der Waals surface area contributed by atoms with E-state index < -0.39 is 5.79 Å². The summed E-state index contributed by atoms with van der Waals surface area (Å²) in [6, 6.07) is 0. The van der Waals surface area contributed by atoms with Gasteiger partial charge < -0.3 is 9.84 Å². The van der Waals surface area contributed by atoms with Crippen LogP contribution in [0.15, 0.2) is 0 Å². The Hall–Kier alpha value is -0.520. The van der Waals surface area contributed by atoms with Gasteiger partial charge in [-0.3, -0.25) is 0 Å². The van der Waals surface area contributed by atoms with Gasteiger partial charge in [0, 0.05) is 13.0 Å². The average molecular weight is 170 g/mol. The van der Waals surface area contributed by atoms with Crippen LogP contribution in [0.3, 0.4) is 0 Å². The SMILES string of the molecule is C#CCCCCCOC(C)(C)O. The topological polar surface area (TPSA) is 29.5 Å². The smallest absolute Gasteiger partial charge is 0.159 e. The van der Waals surface area contributed by atoms with Crippen molar-refractivity contribution in [2.45, 2.75) is 45.3 Å². The standard InChI is InChI=1S/C10H18O2/c1-4-5-6-7-8-9-12-10(2,3)11/h1,11H,5-9H2,2-3H3. The first-order chi connectivity index (χ1) is 5.56. The van der Waals surface area contributed by atoms with Crippen LogP contribution in [0.5, 0.6) is 0 Å². The van der Waals surface area contributed by atoms with E-state index in [1.165, 1.54) is 0 Å². The molecular formula is C10H18O2. The molecule has 0 saturated heterocycles. The summed E-state index contributed by atoms with van der Waals surface area (Å²) in [6.07, 6.45) is 9.01. The Balaban J connectivity index is 3.07. The molecule has 0 unspecified atom stereocenters. The maximum atomic E-state index is 9.17. The maximum Gasteiger partial charge on any atom is 0.159 e. The second-order valence-electron chi connectivity index (χ2n) is 3.31. The second kappa shape index (κ2) is 6.05. The first kappa shape index (κ1) is 11.5. The summed E-state index contributed by atoms with van der Waals surface area (Å²) in [5, 5.41) is 9.17. The van der Waals surface area contributed by atoms with E-state index >= 15 is 0 Å². The second-order valence-corrected chi connectivity index (χ2v) is 3.31. The lowest BCUT2D eigenvalue weighted by Crippen LogP contribution is -2.23. The number of hydrogen-bond donors (Lipinski definition) is 1. The molecule has 0 radical (unpaired) electrons. The molecule has 0 heterocycles. The summed E-state index contributed by atoms with van der Waals surface area (Å²) in [5.41, 5.74) is 0. The molecule has 12 heavy (non-hydrogen) atoms. The van der Waals surface area contributed by atoms with Crippen molar-refractivity contribution >= 4 is 0 Å². The molecule has 0 saturated carbocycles. The van der Waals surface area contributed by atoms with E-state index in [2.05, 4.69) is 5.92 Å². The van der Waals surface area contributed by atoms with E-state index in [1.807, 2.05) is 0 Å². The van der Waals surface area contributed by atoms with Crippen molar-refractivity contribution < 1.29 is 9.84 Å². The lowest BCUT2D eigenvalue weighted by Gasteiger charge is -2.17. The van der Waals surface area contributed by atoms with Gasteiger partial charge >= 0.3 is 0 Å². The monoisotopic (exact) mass is 170 g/mol. The van der Waals surface area contributed by atoms with Crippen molar-refractivity contribution in [1.29, 1.82) is 0 Å². The third kappa shape index (κ3) is 9.48. The number of aliphatic hydroxyl groups is 1. The Bertz CT molecular complexity index is 139. The Labute approximate surface area is 74.9 Å². The van der Waals surface area contributed by atoms with Crippen LogP contribution >= 0.6 is 0 Å². The van der Waals surface area contributed by atoms with Crippen molar-refractivity contribution in [3.05, 3.63) is 0 Å². The highest BCUT2D eigenvalue weighted by Crippen LogP contribution is 2.06. The van der Waals surface area contributed by atoms with Crippen molar-refractivity contribution in [3.8, 4) is 12.3 Å². The molecule has 0 aromatic carbocycles. The van der Waals surface area contributed by atoms with E-state index in [0.717, 1.165) is 25.7 Å². The van der Waals surface area contributed by atoms with E-state index in [-0.39, 0.29) is 0 Å². The summed E-state index contributed by atoms with van der Waals surface area (Å²) in [6.45, 7) is 3.87. The molecule has 2 nitrogen and oxygen atoms in total. The predicted molar refractivity (Wildman–Crippen MR) is 49.6 cm³/mol. The van der Waals surface area contributed by atoms with Gasteiger partial charge in [-0.15, -0.1) is 12.3 Å². The summed E-state index contributed by atoms with van der Waals surface area (Å²) in [5.74, 6) is 1.59. The molecule has 0 aromatic rings. The predicted octanol–water partition coefficient (Wildman–Crippen LogP) is 1.93. The van der Waals surface area contributed by atoms with Gasteiger partial charge in [-0.05, 0) is 26.7 Å². The van der Waals surface area contributed by atoms with Gasteiger partial charge in [-0.25, -0.2) is 0 Å². The summed E-state index contributed by atoms with van der Waals surface area (Å²) in [7, 11) is 0. The van der Waals surface area contributed by atoms with Crippen LogP contribution in [0.4, 0.5) is 0 Å². The molecular weight excluding hydrogens is 152 g/mol. The summed E-state index contributed by atoms with van der Waals surface area (Å²) < 4.78 is 5.11. The Kier molecular flexibility index (Phi) is 5.79. The fraction of sp³-hybridized carbons (Fsp3) is 0.800. The van der Waals surface area contributed by atoms with Gasteiger partial charge in [-0.2, -0.15) is 0 Å². The van der Waals surface area contributed by atoms with E-state index in [4.69, 9.17) is 16.3 Å². The lowest BCUT2D eigenvalue weighted by atomic mass is 10.2. The first-order valence-corrected chi connectivity index (χ1v) is 4.36. The van der Waals surface area contributed by atoms with Crippen molar-refractivity contribution in [2.24, 2.45) is 0 Å². The minimum atomic E-state index is -0.994. The third-order valence-electron chi connectivity index (χ3n) is 1.42. The van der Waals surface area contributed by atoms with Crippen LogP contribution in [0, 0.1) is 12.3 Å². The fourth-order valence-electron chi connectivity index (χ4n) is 0.828. The first-order valence-electron chi connectivity index (χ1n) is 4.36. The minimum Gasteiger partial charge on any atom is -0.366 e. The molecule has 0 aliphatic rings. The fourth-order valence-corrected chi connectivity index (χ4v) is 0.828. The molecule has 0 atom stereocenters. The molecule has 0 rings (SSSR count). The van der Waals surface area contributed by atoms with Crippen LogP contribution in [-0.4, -0.2) is 17.5 Å². The van der Waals surface area contributed by atoms with Crippen LogP contribution in [0.25, 0.3) is 0 Å². The van der Waals surface area contributed by atoms with Gasteiger partial charge in [0.1, 0.15) is 0 Å². The molecule has 1 N–H and O–H groups in total. The zero-order valence-electron chi connectivity index (χ0n) is 7.97. The average Bonchev–Trinajstić information content (AvgIpc) is 1.94. The minimum absolute atomic E-state index is 0.605. The number of terminal acetylenes is 1. The van der Waals surface area contributed by atoms with Gasteiger partial charge in [-0.1, -0.05) is 6.42 Å². The number of unbranched alkanes of at least 4 members (excludes halogenated alkanes) is 3. The molecule has 70 valence electrons. The number of rotatable bonds is 6. The number of ether oxygens (including phenoxy) is 1. The lowest BCUT2D eigenvalue weighted by molar-refractivity contribution is -0.176. The highest BCUT2D eigenvalue weighted by atomic mass is 16.6. The summed E-state index contributed by atoms with van der Waals surface area (Å²) >= 11 is 0. The normalized spacial score (nSPS) is 11.2. The van der Waals surface area contributed by atoms with Crippen LogP contribution in [0.1, 0.15) is 39.5 Å². The molecule has 0 aliphatic heterocycles. The maximum absolute atomic E-state index is 9.17. The Morgan fingerprint density at radius 2 is 2.00 bits per heavy atom.